The molecule has 2 aromatic carbocycles. The lowest BCUT2D eigenvalue weighted by Gasteiger charge is -2.11. The number of anilines is 1. The molecule has 3 rings (SSSR count). The van der Waals surface area contributed by atoms with E-state index in [1.807, 2.05) is 6.92 Å². The number of nitrogens with two attached hydrogens (primary N) is 1. The zero-order valence-electron chi connectivity index (χ0n) is 15.2. The first-order valence-electron chi connectivity index (χ1n) is 8.56. The van der Waals surface area contributed by atoms with E-state index in [1.165, 1.54) is 6.26 Å². The van der Waals surface area contributed by atoms with Crippen LogP contribution < -0.4 is 16.4 Å². The van der Waals surface area contributed by atoms with Crippen LogP contribution >= 0.6 is 0 Å². The van der Waals surface area contributed by atoms with Crippen LogP contribution in [0, 0.1) is 6.92 Å². The highest BCUT2D eigenvalue weighted by Gasteiger charge is 2.13. The normalized spacial score (nSPS) is 10.3. The molecule has 142 valence electrons. The number of hydrogen-bond acceptors (Lipinski definition) is 4. The van der Waals surface area contributed by atoms with Gasteiger partial charge in [-0.15, -0.1) is 0 Å². The van der Waals surface area contributed by atoms with Crippen LogP contribution in [0.4, 0.5) is 5.69 Å². The van der Waals surface area contributed by atoms with Crippen molar-refractivity contribution in [2.45, 2.75) is 13.5 Å². The number of carbonyl (C=O) groups is 3. The molecule has 0 aliphatic rings. The summed E-state index contributed by atoms with van der Waals surface area (Å²) in [4.78, 5) is 35.9. The van der Waals surface area contributed by atoms with Crippen LogP contribution in [0.2, 0.25) is 0 Å². The van der Waals surface area contributed by atoms with Gasteiger partial charge in [-0.25, -0.2) is 0 Å². The highest BCUT2D eigenvalue weighted by Crippen LogP contribution is 2.18. The smallest absolute Gasteiger partial charge is 0.291 e. The minimum absolute atomic E-state index is 0.184. The van der Waals surface area contributed by atoms with Crippen molar-refractivity contribution in [3.63, 3.8) is 0 Å². The van der Waals surface area contributed by atoms with Crippen molar-refractivity contribution < 1.29 is 18.8 Å². The molecule has 0 radical (unpaired) electrons. The first kappa shape index (κ1) is 18.9. The molecule has 3 amide bonds. The summed E-state index contributed by atoms with van der Waals surface area (Å²) in [5.41, 5.74) is 8.12. The molecule has 1 aromatic heterocycles. The zero-order chi connectivity index (χ0) is 20.1. The molecule has 0 bridgehead atoms. The molecule has 7 nitrogen and oxygen atoms in total. The first-order valence-corrected chi connectivity index (χ1v) is 8.56. The summed E-state index contributed by atoms with van der Waals surface area (Å²) in [5, 5.41) is 5.52. The van der Waals surface area contributed by atoms with Gasteiger partial charge >= 0.3 is 0 Å². The Morgan fingerprint density at radius 1 is 0.964 bits per heavy atom. The Balaban J connectivity index is 1.69. The van der Waals surface area contributed by atoms with Gasteiger partial charge in [0.2, 0.25) is 5.91 Å². The molecular weight excluding hydrogens is 358 g/mol. The number of furan rings is 1. The lowest BCUT2D eigenvalue weighted by Crippen LogP contribution is -2.23. The number of benzene rings is 2. The molecule has 0 aliphatic carbocycles. The molecule has 0 aliphatic heterocycles. The van der Waals surface area contributed by atoms with Gasteiger partial charge in [0.25, 0.3) is 11.8 Å². The summed E-state index contributed by atoms with van der Waals surface area (Å²) < 4.78 is 5.07. The number of rotatable bonds is 6. The van der Waals surface area contributed by atoms with Crippen LogP contribution in [0.1, 0.15) is 42.4 Å². The molecular formula is C21H19N3O4. The fourth-order valence-electron chi connectivity index (χ4n) is 2.61. The van der Waals surface area contributed by atoms with E-state index in [4.69, 9.17) is 10.2 Å². The molecule has 4 N–H and O–H groups in total. The second-order valence-electron chi connectivity index (χ2n) is 6.21. The van der Waals surface area contributed by atoms with Crippen molar-refractivity contribution in [2.75, 3.05) is 5.32 Å². The average Bonchev–Trinajstić information content (AvgIpc) is 3.23. The van der Waals surface area contributed by atoms with E-state index in [-0.39, 0.29) is 18.2 Å². The molecule has 7 heteroatoms. The van der Waals surface area contributed by atoms with Crippen molar-refractivity contribution in [2.24, 2.45) is 5.73 Å². The Hall–Kier alpha value is -3.87. The van der Waals surface area contributed by atoms with E-state index in [0.717, 1.165) is 11.1 Å². The van der Waals surface area contributed by atoms with Gasteiger partial charge in [0, 0.05) is 23.4 Å². The maximum Gasteiger partial charge on any atom is 0.291 e. The van der Waals surface area contributed by atoms with Gasteiger partial charge in [-0.3, -0.25) is 14.4 Å². The van der Waals surface area contributed by atoms with E-state index in [1.54, 1.807) is 54.6 Å². The van der Waals surface area contributed by atoms with Gasteiger partial charge in [0.15, 0.2) is 5.76 Å². The predicted octanol–water partition coefficient (Wildman–Crippen LogP) is 2.87. The van der Waals surface area contributed by atoms with Crippen molar-refractivity contribution >= 4 is 23.4 Å². The van der Waals surface area contributed by atoms with E-state index in [2.05, 4.69) is 10.6 Å². The van der Waals surface area contributed by atoms with E-state index in [0.29, 0.717) is 16.8 Å². The Bertz CT molecular complexity index is 1030. The number of carbonyl (C=O) groups excluding carboxylic acids is 3. The fraction of sp³-hybridized carbons (Fsp3) is 0.0952. The third-order valence-corrected chi connectivity index (χ3v) is 4.16. The summed E-state index contributed by atoms with van der Waals surface area (Å²) in [5.74, 6) is -1.04. The number of primary amides is 1. The van der Waals surface area contributed by atoms with Crippen LogP contribution in [-0.4, -0.2) is 17.7 Å². The molecule has 0 spiro atoms. The van der Waals surface area contributed by atoms with Crippen LogP contribution in [-0.2, 0) is 6.54 Å². The first-order chi connectivity index (χ1) is 13.4. The maximum absolute atomic E-state index is 12.5. The van der Waals surface area contributed by atoms with Gasteiger partial charge in [0.1, 0.15) is 0 Å². The van der Waals surface area contributed by atoms with E-state index in [9.17, 15) is 14.4 Å². The minimum Gasteiger partial charge on any atom is -0.459 e. The average molecular weight is 377 g/mol. The van der Waals surface area contributed by atoms with Gasteiger partial charge in [0.05, 0.1) is 6.26 Å². The fourth-order valence-corrected chi connectivity index (χ4v) is 2.61. The second-order valence-corrected chi connectivity index (χ2v) is 6.21. The number of amides is 3. The maximum atomic E-state index is 12.5. The van der Waals surface area contributed by atoms with E-state index < -0.39 is 11.8 Å². The molecule has 28 heavy (non-hydrogen) atoms. The molecule has 3 aromatic rings. The van der Waals surface area contributed by atoms with Crippen molar-refractivity contribution in [1.29, 1.82) is 0 Å². The SMILES string of the molecule is Cc1ccc(C(=O)NCc2cccc(C(N)=O)c2)cc1NC(=O)c1ccco1. The van der Waals surface area contributed by atoms with Gasteiger partial charge in [-0.2, -0.15) is 0 Å². The van der Waals surface area contributed by atoms with Crippen LogP contribution in [0.25, 0.3) is 0 Å². The lowest BCUT2D eigenvalue weighted by atomic mass is 10.1. The Morgan fingerprint density at radius 3 is 2.50 bits per heavy atom. The topological polar surface area (TPSA) is 114 Å². The Kier molecular flexibility index (Phi) is 5.55. The summed E-state index contributed by atoms with van der Waals surface area (Å²) in [7, 11) is 0. The van der Waals surface area contributed by atoms with Crippen molar-refractivity contribution in [3.8, 4) is 0 Å². The number of aryl methyl sites for hydroxylation is 1. The third kappa shape index (κ3) is 4.45. The van der Waals surface area contributed by atoms with Crippen LogP contribution in [0.15, 0.2) is 65.3 Å². The number of nitrogens with one attached hydrogen (secondary N) is 2. The second kappa shape index (κ2) is 8.22. The summed E-state index contributed by atoms with van der Waals surface area (Å²) in [6, 6.07) is 14.9. The minimum atomic E-state index is -0.524. The third-order valence-electron chi connectivity index (χ3n) is 4.16. The Morgan fingerprint density at radius 2 is 1.79 bits per heavy atom. The summed E-state index contributed by atoms with van der Waals surface area (Å²) >= 11 is 0. The summed E-state index contributed by atoms with van der Waals surface area (Å²) in [6.45, 7) is 2.07. The van der Waals surface area contributed by atoms with E-state index >= 15 is 0 Å². The molecule has 0 saturated heterocycles. The molecule has 1 heterocycles. The molecule has 0 atom stereocenters. The van der Waals surface area contributed by atoms with Gasteiger partial charge in [-0.1, -0.05) is 18.2 Å². The van der Waals surface area contributed by atoms with Crippen LogP contribution in [0.3, 0.4) is 0 Å². The van der Waals surface area contributed by atoms with Gasteiger partial charge < -0.3 is 20.8 Å². The predicted molar refractivity (Wildman–Crippen MR) is 104 cm³/mol. The molecule has 0 unspecified atom stereocenters. The number of hydrogen-bond donors (Lipinski definition) is 3. The monoisotopic (exact) mass is 377 g/mol. The largest absolute Gasteiger partial charge is 0.459 e. The van der Waals surface area contributed by atoms with Crippen LogP contribution in [0.5, 0.6) is 0 Å². The summed E-state index contributed by atoms with van der Waals surface area (Å²) in [6.07, 6.45) is 1.42. The quantitative estimate of drug-likeness (QED) is 0.613. The Labute approximate surface area is 161 Å². The lowest BCUT2D eigenvalue weighted by molar-refractivity contribution is 0.0948. The molecule has 0 saturated carbocycles. The zero-order valence-corrected chi connectivity index (χ0v) is 15.2. The highest BCUT2D eigenvalue weighted by molar-refractivity contribution is 6.04. The molecule has 0 fully saturated rings. The van der Waals surface area contributed by atoms with Crippen molar-refractivity contribution in [3.05, 3.63) is 88.9 Å². The standard InChI is InChI=1S/C21H19N3O4/c1-13-7-8-16(11-17(13)24-21(27)18-6-3-9-28-18)20(26)23-12-14-4-2-5-15(10-14)19(22)25/h2-11H,12H2,1H3,(H2,22,25)(H,23,26)(H,24,27). The van der Waals surface area contributed by atoms with Crippen molar-refractivity contribution in [1.82, 2.24) is 5.32 Å². The van der Waals surface area contributed by atoms with Gasteiger partial charge in [-0.05, 0) is 54.4 Å². The highest BCUT2D eigenvalue weighted by atomic mass is 16.3.